The molecule has 0 spiro atoms. The Kier molecular flexibility index (Phi) is 7.68. The number of benzene rings is 4. The number of H-pyrrole nitrogens is 1. The zero-order valence-electron chi connectivity index (χ0n) is 19.5. The van der Waals surface area contributed by atoms with Gasteiger partial charge < -0.3 is 20.8 Å². The number of primary amides is 1. The van der Waals surface area contributed by atoms with Gasteiger partial charge in [0.2, 0.25) is 0 Å². The van der Waals surface area contributed by atoms with E-state index in [1.807, 2.05) is 48.5 Å². The summed E-state index contributed by atoms with van der Waals surface area (Å²) in [6.45, 7) is 0. The van der Waals surface area contributed by atoms with Crippen LogP contribution in [-0.4, -0.2) is 45.6 Å². The maximum Gasteiger partial charge on any atom is 0.488 e. The Morgan fingerprint density at radius 1 is 0.784 bits per heavy atom. The highest BCUT2D eigenvalue weighted by Gasteiger charge is 2.12. The second kappa shape index (κ2) is 11.3. The Balaban J connectivity index is 0.000000245. The SMILES string of the molecule is NC(=O)c1cccc2[nH]c(-c3ccc(-c4cccc(C=O)c4)cc3)nc12.O=Cc1ccc(B(O)O)cc1. The number of aromatic nitrogens is 2. The fourth-order valence-electron chi connectivity index (χ4n) is 3.73. The number of nitrogens with zero attached hydrogens (tertiary/aromatic N) is 1. The van der Waals surface area contributed by atoms with Crippen LogP contribution >= 0.6 is 0 Å². The molecule has 1 amide bonds. The first-order valence-electron chi connectivity index (χ1n) is 11.3. The Labute approximate surface area is 212 Å². The Morgan fingerprint density at radius 2 is 1.43 bits per heavy atom. The lowest BCUT2D eigenvalue weighted by Gasteiger charge is -2.04. The molecule has 0 saturated carbocycles. The number of imidazole rings is 1. The van der Waals surface area contributed by atoms with E-state index in [1.165, 1.54) is 24.3 Å². The number of carbonyl (C=O) groups excluding carboxylic acids is 3. The second-order valence-electron chi connectivity index (χ2n) is 8.13. The summed E-state index contributed by atoms with van der Waals surface area (Å²) in [7, 11) is -1.46. The number of hydrogen-bond donors (Lipinski definition) is 4. The van der Waals surface area contributed by atoms with Crippen LogP contribution in [0.1, 0.15) is 31.1 Å². The summed E-state index contributed by atoms with van der Waals surface area (Å²) in [6, 6.07) is 26.6. The van der Waals surface area contributed by atoms with Gasteiger partial charge in [-0.15, -0.1) is 0 Å². The van der Waals surface area contributed by atoms with E-state index in [4.69, 9.17) is 15.8 Å². The van der Waals surface area contributed by atoms with Crippen molar-refractivity contribution in [3.8, 4) is 22.5 Å². The number of amides is 1. The fourth-order valence-corrected chi connectivity index (χ4v) is 3.73. The summed E-state index contributed by atoms with van der Waals surface area (Å²) in [5, 5.41) is 17.3. The third kappa shape index (κ3) is 5.87. The summed E-state index contributed by atoms with van der Waals surface area (Å²) in [5.74, 6) is 0.168. The van der Waals surface area contributed by atoms with Gasteiger partial charge >= 0.3 is 7.12 Å². The minimum atomic E-state index is -1.46. The van der Waals surface area contributed by atoms with E-state index in [-0.39, 0.29) is 0 Å². The molecule has 0 atom stereocenters. The molecule has 0 radical (unpaired) electrons. The molecule has 0 bridgehead atoms. The monoisotopic (exact) mass is 491 g/mol. The molecule has 1 heterocycles. The number of hydrogen-bond acceptors (Lipinski definition) is 6. The summed E-state index contributed by atoms with van der Waals surface area (Å²) in [5.41, 5.74) is 11.6. The highest BCUT2D eigenvalue weighted by Crippen LogP contribution is 2.26. The summed E-state index contributed by atoms with van der Waals surface area (Å²) in [6.07, 6.45) is 1.54. The lowest BCUT2D eigenvalue weighted by atomic mass is 9.80. The highest BCUT2D eigenvalue weighted by atomic mass is 16.4. The molecule has 0 fully saturated rings. The molecule has 5 rings (SSSR count). The third-order valence-electron chi connectivity index (χ3n) is 5.66. The van der Waals surface area contributed by atoms with Gasteiger partial charge in [-0.1, -0.05) is 72.8 Å². The molecule has 0 unspecified atom stereocenters. The van der Waals surface area contributed by atoms with E-state index in [0.717, 1.165) is 28.5 Å². The smallest absolute Gasteiger partial charge is 0.423 e. The zero-order valence-corrected chi connectivity index (χ0v) is 19.5. The van der Waals surface area contributed by atoms with Crippen LogP contribution in [0.4, 0.5) is 0 Å². The average molecular weight is 491 g/mol. The van der Waals surface area contributed by atoms with Crippen LogP contribution in [0, 0.1) is 0 Å². The second-order valence-corrected chi connectivity index (χ2v) is 8.13. The zero-order chi connectivity index (χ0) is 26.4. The van der Waals surface area contributed by atoms with E-state index in [2.05, 4.69) is 9.97 Å². The normalized spacial score (nSPS) is 10.3. The van der Waals surface area contributed by atoms with E-state index >= 15 is 0 Å². The lowest BCUT2D eigenvalue weighted by molar-refractivity contribution is 0.100. The largest absolute Gasteiger partial charge is 0.488 e. The standard InChI is InChI=1S/C21H15N3O2.C7H7BO3/c22-20(26)17-5-2-6-18-19(17)24-21(23-18)15-9-7-14(8-10-15)16-4-1-3-13(11-16)12-25;9-5-6-1-3-7(4-2-6)8(10)11/h1-12H,(H2,22,26)(H,23,24);1-5,10-11H. The van der Waals surface area contributed by atoms with Crippen molar-refractivity contribution in [1.82, 2.24) is 9.97 Å². The van der Waals surface area contributed by atoms with Crippen LogP contribution in [0.2, 0.25) is 0 Å². The van der Waals surface area contributed by atoms with Crippen molar-refractivity contribution >= 4 is 42.1 Å². The molecule has 4 aromatic carbocycles. The molecule has 5 N–H and O–H groups in total. The number of aromatic amines is 1. The Hall–Kier alpha value is -4.86. The van der Waals surface area contributed by atoms with Crippen molar-refractivity contribution in [2.45, 2.75) is 0 Å². The minimum Gasteiger partial charge on any atom is -0.423 e. The molecule has 0 aliphatic rings. The summed E-state index contributed by atoms with van der Waals surface area (Å²) >= 11 is 0. The minimum absolute atomic E-state index is 0.385. The molecule has 5 aromatic rings. The van der Waals surface area contributed by atoms with Gasteiger partial charge in [0.1, 0.15) is 23.9 Å². The first kappa shape index (κ1) is 25.2. The van der Waals surface area contributed by atoms with Gasteiger partial charge in [-0.3, -0.25) is 14.4 Å². The fraction of sp³-hybridized carbons (Fsp3) is 0. The van der Waals surface area contributed by atoms with Gasteiger partial charge in [0.15, 0.2) is 0 Å². The summed E-state index contributed by atoms with van der Waals surface area (Å²) < 4.78 is 0. The highest BCUT2D eigenvalue weighted by molar-refractivity contribution is 6.58. The molecule has 0 aliphatic carbocycles. The van der Waals surface area contributed by atoms with E-state index in [1.54, 1.807) is 18.2 Å². The van der Waals surface area contributed by atoms with Crippen molar-refractivity contribution in [3.05, 3.63) is 108 Å². The molecular weight excluding hydrogens is 469 g/mol. The van der Waals surface area contributed by atoms with E-state index in [9.17, 15) is 14.4 Å². The molecule has 0 saturated heterocycles. The number of nitrogens with one attached hydrogen (secondary N) is 1. The van der Waals surface area contributed by atoms with Crippen LogP contribution in [0.5, 0.6) is 0 Å². The predicted octanol–water partition coefficient (Wildman–Crippen LogP) is 2.99. The Morgan fingerprint density at radius 3 is 2.05 bits per heavy atom. The number of aldehydes is 2. The van der Waals surface area contributed by atoms with Crippen molar-refractivity contribution in [2.24, 2.45) is 5.73 Å². The van der Waals surface area contributed by atoms with Crippen LogP contribution < -0.4 is 11.2 Å². The molecule has 0 aliphatic heterocycles. The van der Waals surface area contributed by atoms with Crippen LogP contribution in [-0.2, 0) is 0 Å². The van der Waals surface area contributed by atoms with Crippen molar-refractivity contribution in [3.63, 3.8) is 0 Å². The summed E-state index contributed by atoms with van der Waals surface area (Å²) in [4.78, 5) is 40.4. The molecular formula is C28H22BN3O5. The van der Waals surface area contributed by atoms with Crippen LogP contribution in [0.15, 0.2) is 91.0 Å². The van der Waals surface area contributed by atoms with Crippen molar-refractivity contribution < 1.29 is 24.4 Å². The van der Waals surface area contributed by atoms with Gasteiger partial charge in [0.05, 0.1) is 11.1 Å². The average Bonchev–Trinajstić information content (AvgIpc) is 3.38. The van der Waals surface area contributed by atoms with Gasteiger partial charge in [0, 0.05) is 16.7 Å². The maximum absolute atomic E-state index is 11.6. The topological polar surface area (TPSA) is 146 Å². The molecule has 37 heavy (non-hydrogen) atoms. The van der Waals surface area contributed by atoms with Gasteiger partial charge in [-0.05, 0) is 34.8 Å². The lowest BCUT2D eigenvalue weighted by Crippen LogP contribution is -2.29. The van der Waals surface area contributed by atoms with Crippen LogP contribution in [0.25, 0.3) is 33.5 Å². The van der Waals surface area contributed by atoms with Gasteiger partial charge in [0.25, 0.3) is 5.91 Å². The van der Waals surface area contributed by atoms with Gasteiger partial charge in [-0.25, -0.2) is 4.98 Å². The first-order chi connectivity index (χ1) is 17.9. The molecule has 8 nitrogen and oxygen atoms in total. The number of rotatable bonds is 6. The van der Waals surface area contributed by atoms with E-state index < -0.39 is 13.0 Å². The first-order valence-corrected chi connectivity index (χ1v) is 11.3. The quantitative estimate of drug-likeness (QED) is 0.212. The number of fused-ring (bicyclic) bond motifs is 1. The maximum atomic E-state index is 11.6. The van der Waals surface area contributed by atoms with Crippen molar-refractivity contribution in [1.29, 1.82) is 0 Å². The number of carbonyl (C=O) groups is 3. The van der Waals surface area contributed by atoms with Gasteiger partial charge in [-0.2, -0.15) is 0 Å². The number of nitrogens with two attached hydrogens (primary N) is 1. The molecule has 1 aromatic heterocycles. The number of para-hydroxylation sites is 1. The van der Waals surface area contributed by atoms with E-state index in [0.29, 0.717) is 39.8 Å². The predicted molar refractivity (Wildman–Crippen MR) is 143 cm³/mol. The Bertz CT molecular complexity index is 1560. The van der Waals surface area contributed by atoms with Crippen molar-refractivity contribution in [2.75, 3.05) is 0 Å². The molecule has 9 heteroatoms. The third-order valence-corrected chi connectivity index (χ3v) is 5.66. The van der Waals surface area contributed by atoms with Crippen LogP contribution in [0.3, 0.4) is 0 Å². The molecule has 182 valence electrons.